The van der Waals surface area contributed by atoms with Gasteiger partial charge in [0.15, 0.2) is 0 Å². The summed E-state index contributed by atoms with van der Waals surface area (Å²) in [6, 6.07) is 3.46. The molecule has 3 aromatic heterocycles. The Morgan fingerprint density at radius 3 is 3.00 bits per heavy atom. The number of aromatic amines is 1. The van der Waals surface area contributed by atoms with Crippen LogP contribution in [0.15, 0.2) is 30.7 Å². The minimum atomic E-state index is -0.742. The van der Waals surface area contributed by atoms with Gasteiger partial charge in [0.2, 0.25) is 5.88 Å². The number of piperidine rings is 1. The number of aromatic nitrogens is 4. The van der Waals surface area contributed by atoms with Gasteiger partial charge in [-0.05, 0) is 37.3 Å². The summed E-state index contributed by atoms with van der Waals surface area (Å²) >= 11 is 0. The van der Waals surface area contributed by atoms with Crippen molar-refractivity contribution < 1.29 is 14.3 Å². The van der Waals surface area contributed by atoms with Gasteiger partial charge in [-0.3, -0.25) is 14.7 Å². The molecule has 0 radical (unpaired) electrons. The number of carbonyl (C=O) groups excluding carboxylic acids is 2. The lowest BCUT2D eigenvalue weighted by Crippen LogP contribution is -2.46. The zero-order valence-electron chi connectivity index (χ0n) is 17.5. The van der Waals surface area contributed by atoms with E-state index in [4.69, 9.17) is 10.5 Å². The number of carbonyl (C=O) groups is 2. The summed E-state index contributed by atoms with van der Waals surface area (Å²) in [7, 11) is 0. The van der Waals surface area contributed by atoms with Crippen LogP contribution < -0.4 is 15.8 Å². The Bertz CT molecular complexity index is 1110. The number of nitrogens with two attached hydrogens (primary N) is 1. The highest BCUT2D eigenvalue weighted by atomic mass is 16.5. The second kappa shape index (κ2) is 8.58. The fourth-order valence-electron chi connectivity index (χ4n) is 3.94. The SMILES string of the molecule is CCOc1cc(C2CCC(C)CN2C(=O)C(=O)Nc2cnc(N)c3c[nH]nc23)ccn1. The summed E-state index contributed by atoms with van der Waals surface area (Å²) in [4.78, 5) is 35.9. The molecule has 4 heterocycles. The molecule has 1 saturated heterocycles. The van der Waals surface area contributed by atoms with Crippen molar-refractivity contribution in [3.05, 3.63) is 36.3 Å². The van der Waals surface area contributed by atoms with Gasteiger partial charge in [-0.25, -0.2) is 9.97 Å². The molecule has 162 valence electrons. The smallest absolute Gasteiger partial charge is 0.314 e. The number of ether oxygens (including phenoxy) is 1. The average Bonchev–Trinajstić information content (AvgIpc) is 3.27. The van der Waals surface area contributed by atoms with Crippen LogP contribution in [0.3, 0.4) is 0 Å². The number of hydrogen-bond acceptors (Lipinski definition) is 7. The summed E-state index contributed by atoms with van der Waals surface area (Å²) in [5, 5.41) is 10.0. The van der Waals surface area contributed by atoms with Crippen LogP contribution in [0.5, 0.6) is 5.88 Å². The highest BCUT2D eigenvalue weighted by molar-refractivity contribution is 6.40. The van der Waals surface area contributed by atoms with Gasteiger partial charge in [-0.2, -0.15) is 5.10 Å². The van der Waals surface area contributed by atoms with E-state index in [2.05, 4.69) is 32.4 Å². The van der Waals surface area contributed by atoms with E-state index in [-0.39, 0.29) is 12.0 Å². The first-order valence-corrected chi connectivity index (χ1v) is 10.3. The monoisotopic (exact) mass is 423 g/mol. The molecule has 4 N–H and O–H groups in total. The Kier molecular flexibility index (Phi) is 5.70. The number of likely N-dealkylation sites (tertiary alicyclic amines) is 1. The van der Waals surface area contributed by atoms with Crippen molar-refractivity contribution in [2.45, 2.75) is 32.7 Å². The van der Waals surface area contributed by atoms with Crippen LogP contribution in [-0.2, 0) is 9.59 Å². The quantitative estimate of drug-likeness (QED) is 0.547. The molecule has 10 heteroatoms. The van der Waals surface area contributed by atoms with Crippen molar-refractivity contribution >= 4 is 34.2 Å². The third kappa shape index (κ3) is 4.14. The largest absolute Gasteiger partial charge is 0.478 e. The summed E-state index contributed by atoms with van der Waals surface area (Å²) < 4.78 is 5.50. The molecule has 1 aliphatic heterocycles. The van der Waals surface area contributed by atoms with Crippen LogP contribution in [-0.4, -0.2) is 50.0 Å². The van der Waals surface area contributed by atoms with Crippen LogP contribution in [0.25, 0.3) is 10.9 Å². The third-order valence-corrected chi connectivity index (χ3v) is 5.46. The number of fused-ring (bicyclic) bond motifs is 1. The van der Waals surface area contributed by atoms with Gasteiger partial charge in [0.25, 0.3) is 0 Å². The van der Waals surface area contributed by atoms with Gasteiger partial charge in [0, 0.05) is 25.0 Å². The van der Waals surface area contributed by atoms with Gasteiger partial charge in [-0.1, -0.05) is 6.92 Å². The number of nitrogen functional groups attached to an aromatic ring is 1. The summed E-state index contributed by atoms with van der Waals surface area (Å²) in [6.07, 6.45) is 6.37. The summed E-state index contributed by atoms with van der Waals surface area (Å²) in [6.45, 7) is 4.95. The number of amides is 2. The molecule has 1 aliphatic rings. The average molecular weight is 423 g/mol. The Balaban J connectivity index is 1.58. The second-order valence-electron chi connectivity index (χ2n) is 7.68. The van der Waals surface area contributed by atoms with E-state index in [1.54, 1.807) is 17.3 Å². The maximum absolute atomic E-state index is 13.2. The molecule has 2 unspecified atom stereocenters. The van der Waals surface area contributed by atoms with E-state index in [1.807, 2.05) is 19.1 Å². The first kappa shape index (κ1) is 20.6. The van der Waals surface area contributed by atoms with E-state index < -0.39 is 11.8 Å². The predicted molar refractivity (Wildman–Crippen MR) is 115 cm³/mol. The third-order valence-electron chi connectivity index (χ3n) is 5.46. The molecular weight excluding hydrogens is 398 g/mol. The normalized spacial score (nSPS) is 18.7. The topological polar surface area (TPSA) is 139 Å². The number of rotatable bonds is 4. The molecule has 0 aromatic carbocycles. The number of hydrogen-bond donors (Lipinski definition) is 3. The van der Waals surface area contributed by atoms with E-state index in [1.165, 1.54) is 6.20 Å². The Hall–Kier alpha value is -3.69. The van der Waals surface area contributed by atoms with Crippen LogP contribution in [0.4, 0.5) is 11.5 Å². The fourth-order valence-corrected chi connectivity index (χ4v) is 3.94. The molecule has 0 spiro atoms. The lowest BCUT2D eigenvalue weighted by Gasteiger charge is -2.38. The maximum Gasteiger partial charge on any atom is 0.314 e. The molecule has 4 rings (SSSR count). The lowest BCUT2D eigenvalue weighted by atomic mass is 9.90. The Morgan fingerprint density at radius 2 is 2.19 bits per heavy atom. The second-order valence-corrected chi connectivity index (χ2v) is 7.68. The number of nitrogens with zero attached hydrogens (tertiary/aromatic N) is 4. The molecular formula is C21H25N7O3. The van der Waals surface area contributed by atoms with Crippen LogP contribution in [0.1, 0.15) is 38.3 Å². The summed E-state index contributed by atoms with van der Waals surface area (Å²) in [5.74, 6) is -0.261. The fraction of sp³-hybridized carbons (Fsp3) is 0.381. The molecule has 2 atom stereocenters. The highest BCUT2D eigenvalue weighted by Crippen LogP contribution is 2.34. The van der Waals surface area contributed by atoms with Gasteiger partial charge >= 0.3 is 11.8 Å². The van der Waals surface area contributed by atoms with Crippen molar-refractivity contribution in [3.8, 4) is 5.88 Å². The molecule has 2 amide bonds. The standard InChI is InChI=1S/C21H25N7O3/c1-3-31-17-8-13(6-7-23-17)16-5-4-12(2)11-28(16)21(30)20(29)26-15-10-24-19(22)14-9-25-27-18(14)15/h6-10,12,16H,3-5,11H2,1-2H3,(H2,22,24)(H,25,27)(H,26,29). The number of anilines is 2. The van der Waals surface area contributed by atoms with Gasteiger partial charge in [-0.15, -0.1) is 0 Å². The van der Waals surface area contributed by atoms with E-state index >= 15 is 0 Å². The molecule has 3 aromatic rings. The predicted octanol–water partition coefficient (Wildman–Crippen LogP) is 2.27. The minimum absolute atomic E-state index is 0.230. The van der Waals surface area contributed by atoms with Crippen LogP contribution >= 0.6 is 0 Å². The minimum Gasteiger partial charge on any atom is -0.478 e. The molecule has 0 bridgehead atoms. The Morgan fingerprint density at radius 1 is 1.35 bits per heavy atom. The van der Waals surface area contributed by atoms with E-state index in [9.17, 15) is 9.59 Å². The molecule has 10 nitrogen and oxygen atoms in total. The number of pyridine rings is 2. The Labute approximate surface area is 179 Å². The van der Waals surface area contributed by atoms with Crippen LogP contribution in [0.2, 0.25) is 0 Å². The first-order chi connectivity index (χ1) is 15.0. The van der Waals surface area contributed by atoms with Crippen molar-refractivity contribution in [2.75, 3.05) is 24.2 Å². The molecule has 0 saturated carbocycles. The van der Waals surface area contributed by atoms with Crippen molar-refractivity contribution in [3.63, 3.8) is 0 Å². The van der Waals surface area contributed by atoms with Crippen molar-refractivity contribution in [1.29, 1.82) is 0 Å². The number of H-pyrrole nitrogens is 1. The maximum atomic E-state index is 13.2. The lowest BCUT2D eigenvalue weighted by molar-refractivity contribution is -0.146. The van der Waals surface area contributed by atoms with Gasteiger partial charge in [0.1, 0.15) is 11.3 Å². The van der Waals surface area contributed by atoms with Crippen molar-refractivity contribution in [2.24, 2.45) is 5.92 Å². The first-order valence-electron chi connectivity index (χ1n) is 10.3. The van der Waals surface area contributed by atoms with E-state index in [0.717, 1.165) is 18.4 Å². The van der Waals surface area contributed by atoms with Crippen molar-refractivity contribution in [1.82, 2.24) is 25.1 Å². The molecule has 0 aliphatic carbocycles. The number of nitrogens with one attached hydrogen (secondary N) is 2. The zero-order chi connectivity index (χ0) is 22.0. The van der Waals surface area contributed by atoms with E-state index in [0.29, 0.717) is 41.4 Å². The zero-order valence-corrected chi connectivity index (χ0v) is 17.5. The molecule has 1 fully saturated rings. The van der Waals surface area contributed by atoms with Crippen LogP contribution in [0, 0.1) is 5.92 Å². The summed E-state index contributed by atoms with van der Waals surface area (Å²) in [5.41, 5.74) is 7.51. The van der Waals surface area contributed by atoms with Gasteiger partial charge in [0.05, 0.1) is 29.9 Å². The molecule has 31 heavy (non-hydrogen) atoms. The highest BCUT2D eigenvalue weighted by Gasteiger charge is 2.34. The van der Waals surface area contributed by atoms with Gasteiger partial charge < -0.3 is 20.7 Å².